The van der Waals surface area contributed by atoms with Gasteiger partial charge in [-0.05, 0) is 36.0 Å². The Morgan fingerprint density at radius 3 is 1.37 bits per heavy atom. The van der Waals surface area contributed by atoms with Crippen LogP contribution in [0.1, 0.15) is 16.7 Å². The highest BCUT2D eigenvalue weighted by atomic mass is 29.5. The summed E-state index contributed by atoms with van der Waals surface area (Å²) in [6.07, 6.45) is 3.78. The molecule has 0 heterocycles. The standard InChI is InChI=1S/C24H27Si3/c1-4-10-22(11-5-1)16-19-25-26-27(20-17-23-12-6-2-7-13-23)21-18-24-14-8-3-9-15-24/h1-15H,16-21H2. The Hall–Kier alpha value is -1.69. The smallest absolute Gasteiger partial charge is 0.0313 e. The third kappa shape index (κ3) is 7.83. The van der Waals surface area contributed by atoms with Crippen molar-refractivity contribution >= 4 is 25.9 Å². The molecule has 0 aliphatic rings. The van der Waals surface area contributed by atoms with E-state index >= 15 is 0 Å². The molecule has 3 heteroatoms. The van der Waals surface area contributed by atoms with E-state index in [0.717, 1.165) is 9.04 Å². The van der Waals surface area contributed by atoms with Crippen LogP contribution in [0.4, 0.5) is 0 Å². The van der Waals surface area contributed by atoms with Gasteiger partial charge in [-0.15, -0.1) is 0 Å². The van der Waals surface area contributed by atoms with E-state index < -0.39 is 0 Å². The van der Waals surface area contributed by atoms with Crippen LogP contribution in [0.15, 0.2) is 91.0 Å². The Bertz CT molecular complexity index is 701. The van der Waals surface area contributed by atoms with E-state index in [0.29, 0.717) is 0 Å². The van der Waals surface area contributed by atoms with Crippen LogP contribution < -0.4 is 0 Å². The number of hydrogen-bond acceptors (Lipinski definition) is 0. The van der Waals surface area contributed by atoms with Crippen LogP contribution in [0, 0.1) is 0 Å². The maximum absolute atomic E-state index is 2.29. The second kappa shape index (κ2) is 11.9. The minimum Gasteiger partial charge on any atom is -0.0622 e. The Kier molecular flexibility index (Phi) is 8.84. The van der Waals surface area contributed by atoms with E-state index in [1.807, 2.05) is 0 Å². The van der Waals surface area contributed by atoms with Gasteiger partial charge in [0.25, 0.3) is 0 Å². The Morgan fingerprint density at radius 1 is 0.519 bits per heavy atom. The summed E-state index contributed by atoms with van der Waals surface area (Å²) in [4.78, 5) is 0. The van der Waals surface area contributed by atoms with Crippen LogP contribution in [-0.4, -0.2) is 25.9 Å². The summed E-state index contributed by atoms with van der Waals surface area (Å²) < 4.78 is 0. The monoisotopic (exact) mass is 399 g/mol. The first kappa shape index (κ1) is 20.1. The molecule has 0 saturated heterocycles. The zero-order valence-electron chi connectivity index (χ0n) is 15.9. The first-order chi connectivity index (χ1) is 13.4. The van der Waals surface area contributed by atoms with E-state index in [-0.39, 0.29) is 8.31 Å². The number of benzene rings is 3. The highest BCUT2D eigenvalue weighted by Crippen LogP contribution is 2.12. The summed E-state index contributed by atoms with van der Waals surface area (Å²) in [5.74, 6) is 0. The molecule has 0 unspecified atom stereocenters. The van der Waals surface area contributed by atoms with Crippen molar-refractivity contribution in [1.29, 1.82) is 0 Å². The average Bonchev–Trinajstić information content (AvgIpc) is 2.75. The summed E-state index contributed by atoms with van der Waals surface area (Å²) >= 11 is 0. The van der Waals surface area contributed by atoms with Gasteiger partial charge in [0.15, 0.2) is 0 Å². The molecule has 0 saturated carbocycles. The van der Waals surface area contributed by atoms with Crippen LogP contribution in [-0.2, 0) is 19.3 Å². The minimum atomic E-state index is -0.254. The molecular formula is C24H27Si3. The summed E-state index contributed by atoms with van der Waals surface area (Å²) in [5.41, 5.74) is 4.52. The normalized spacial score (nSPS) is 11.0. The van der Waals surface area contributed by atoms with Crippen molar-refractivity contribution in [2.45, 2.75) is 37.4 Å². The molecule has 0 bridgehead atoms. The van der Waals surface area contributed by atoms with Gasteiger partial charge >= 0.3 is 0 Å². The van der Waals surface area contributed by atoms with Crippen LogP contribution in [0.2, 0.25) is 18.1 Å². The molecule has 0 N–H and O–H groups in total. The lowest BCUT2D eigenvalue weighted by atomic mass is 10.2. The second-order valence-electron chi connectivity index (χ2n) is 6.86. The maximum atomic E-state index is 2.29. The SMILES string of the molecule is c1ccc(CC[Si][Si][Si](CCc2ccccc2)CCc2ccccc2)cc1. The van der Waals surface area contributed by atoms with Gasteiger partial charge in [0, 0.05) is 25.9 Å². The predicted octanol–water partition coefficient (Wildman–Crippen LogP) is 5.45. The van der Waals surface area contributed by atoms with Gasteiger partial charge in [-0.3, -0.25) is 0 Å². The number of aryl methyl sites for hydroxylation is 3. The van der Waals surface area contributed by atoms with E-state index in [1.165, 1.54) is 62.6 Å². The average molecular weight is 400 g/mol. The quantitative estimate of drug-likeness (QED) is 0.297. The number of hydrogen-bond donors (Lipinski definition) is 0. The van der Waals surface area contributed by atoms with Crippen LogP contribution in [0.5, 0.6) is 0 Å². The first-order valence-electron chi connectivity index (χ1n) is 9.85. The molecule has 0 atom stereocenters. The van der Waals surface area contributed by atoms with Crippen molar-refractivity contribution in [3.63, 3.8) is 0 Å². The summed E-state index contributed by atoms with van der Waals surface area (Å²) in [7, 11) is 2.10. The molecule has 5 radical (unpaired) electrons. The van der Waals surface area contributed by atoms with Crippen molar-refractivity contribution < 1.29 is 0 Å². The van der Waals surface area contributed by atoms with Crippen molar-refractivity contribution in [2.75, 3.05) is 0 Å². The van der Waals surface area contributed by atoms with Crippen molar-refractivity contribution in [3.8, 4) is 0 Å². The van der Waals surface area contributed by atoms with Gasteiger partial charge in [0.05, 0.1) is 0 Å². The molecule has 3 aromatic rings. The molecule has 0 amide bonds. The fourth-order valence-electron chi connectivity index (χ4n) is 3.17. The predicted molar refractivity (Wildman–Crippen MR) is 122 cm³/mol. The van der Waals surface area contributed by atoms with Gasteiger partial charge in [0.2, 0.25) is 0 Å². The van der Waals surface area contributed by atoms with Gasteiger partial charge in [0.1, 0.15) is 0 Å². The Morgan fingerprint density at radius 2 is 0.926 bits per heavy atom. The van der Waals surface area contributed by atoms with Crippen molar-refractivity contribution in [2.24, 2.45) is 0 Å². The zero-order chi connectivity index (χ0) is 18.6. The summed E-state index contributed by atoms with van der Waals surface area (Å²) in [6, 6.07) is 37.3. The van der Waals surface area contributed by atoms with Gasteiger partial charge in [-0.1, -0.05) is 109 Å². The van der Waals surface area contributed by atoms with Gasteiger partial charge in [-0.2, -0.15) is 0 Å². The molecule has 27 heavy (non-hydrogen) atoms. The highest BCUT2D eigenvalue weighted by molar-refractivity contribution is 7.35. The molecule has 0 fully saturated rings. The highest BCUT2D eigenvalue weighted by Gasteiger charge is 2.12. The third-order valence-electron chi connectivity index (χ3n) is 4.76. The molecule has 0 nitrogen and oxygen atoms in total. The molecule has 135 valence electrons. The lowest BCUT2D eigenvalue weighted by molar-refractivity contribution is 1.07. The second-order valence-corrected chi connectivity index (χ2v) is 16.4. The van der Waals surface area contributed by atoms with Crippen molar-refractivity contribution in [1.82, 2.24) is 0 Å². The van der Waals surface area contributed by atoms with E-state index in [4.69, 9.17) is 0 Å². The molecule has 0 aliphatic carbocycles. The summed E-state index contributed by atoms with van der Waals surface area (Å²) in [5, 5.41) is 0. The largest absolute Gasteiger partial charge is 0.0622 e. The van der Waals surface area contributed by atoms with E-state index in [2.05, 4.69) is 91.0 Å². The van der Waals surface area contributed by atoms with Crippen LogP contribution in [0.25, 0.3) is 0 Å². The van der Waals surface area contributed by atoms with Gasteiger partial charge in [-0.25, -0.2) is 0 Å². The topological polar surface area (TPSA) is 0 Å². The lowest BCUT2D eigenvalue weighted by Crippen LogP contribution is -2.28. The van der Waals surface area contributed by atoms with Crippen LogP contribution >= 0.6 is 0 Å². The molecule has 0 spiro atoms. The minimum absolute atomic E-state index is 0.254. The fourth-order valence-corrected chi connectivity index (χ4v) is 14.3. The Labute approximate surface area is 170 Å². The Balaban J connectivity index is 1.47. The molecule has 3 rings (SSSR count). The first-order valence-corrected chi connectivity index (χ1v) is 16.0. The number of rotatable bonds is 11. The van der Waals surface area contributed by atoms with E-state index in [9.17, 15) is 0 Å². The summed E-state index contributed by atoms with van der Waals surface area (Å²) in [6.45, 7) is 0. The zero-order valence-corrected chi connectivity index (χ0v) is 18.9. The molecule has 0 aliphatic heterocycles. The van der Waals surface area contributed by atoms with Gasteiger partial charge < -0.3 is 0 Å². The maximum Gasteiger partial charge on any atom is 0.0313 e. The molecule has 0 aromatic heterocycles. The van der Waals surface area contributed by atoms with Crippen molar-refractivity contribution in [3.05, 3.63) is 108 Å². The fraction of sp³-hybridized carbons (Fsp3) is 0.250. The molecule has 3 aromatic carbocycles. The lowest BCUT2D eigenvalue weighted by Gasteiger charge is -2.15. The van der Waals surface area contributed by atoms with E-state index in [1.54, 1.807) is 0 Å². The third-order valence-corrected chi connectivity index (χ3v) is 16.1. The van der Waals surface area contributed by atoms with Crippen LogP contribution in [0.3, 0.4) is 0 Å². The molecular weight excluding hydrogens is 373 g/mol.